The van der Waals surface area contributed by atoms with Crippen molar-refractivity contribution in [1.82, 2.24) is 14.3 Å². The lowest BCUT2D eigenvalue weighted by atomic mass is 10.2. The molecule has 3 rings (SSSR count). The molecule has 118 valence electrons. The molecule has 0 radical (unpaired) electrons. The molecule has 2 aromatic rings. The van der Waals surface area contributed by atoms with Crippen molar-refractivity contribution in [1.29, 1.82) is 0 Å². The number of fused-ring (bicyclic) bond motifs is 1. The van der Waals surface area contributed by atoms with Gasteiger partial charge in [0.1, 0.15) is 18.2 Å². The van der Waals surface area contributed by atoms with E-state index in [0.717, 1.165) is 10.5 Å². The summed E-state index contributed by atoms with van der Waals surface area (Å²) in [6, 6.07) is 3.04. The minimum absolute atomic E-state index is 0.145. The fourth-order valence-corrected chi connectivity index (χ4v) is 2.44. The van der Waals surface area contributed by atoms with Crippen molar-refractivity contribution < 1.29 is 14.7 Å². The monoisotopic (exact) mass is 313 g/mol. The van der Waals surface area contributed by atoms with E-state index in [0.29, 0.717) is 11.5 Å². The van der Waals surface area contributed by atoms with E-state index in [2.05, 4.69) is 16.8 Å². The highest BCUT2D eigenvalue weighted by Gasteiger charge is 2.33. The van der Waals surface area contributed by atoms with Gasteiger partial charge in [-0.25, -0.2) is 14.7 Å². The number of imidazole rings is 1. The average molecular weight is 313 g/mol. The fraction of sp³-hybridized carbons (Fsp3) is 0.267. The lowest BCUT2D eigenvalue weighted by Gasteiger charge is -2.32. The number of urea groups is 1. The summed E-state index contributed by atoms with van der Waals surface area (Å²) in [6.07, 6.45) is 3.46. The number of nitrogens with zero attached hydrogens (tertiary/aromatic N) is 4. The van der Waals surface area contributed by atoms with Crippen LogP contribution < -0.4 is 10.6 Å². The van der Waals surface area contributed by atoms with Crippen LogP contribution in [0.2, 0.25) is 0 Å². The standard InChI is InChI=1S/C15H15N5O3/c16-6-1-2-11-3-4-12-17-8-13(19(12)9-11)18-7-5-14(22)20(10-21)15(18)23/h3-4,8-9,21H,5-7,10,16H2. The Morgan fingerprint density at radius 2 is 2.17 bits per heavy atom. The number of imide groups is 1. The Kier molecular flexibility index (Phi) is 3.97. The van der Waals surface area contributed by atoms with Gasteiger partial charge in [0.25, 0.3) is 0 Å². The third-order valence-corrected chi connectivity index (χ3v) is 3.55. The molecule has 1 aliphatic rings. The SMILES string of the molecule is NCC#Cc1ccc2ncc(N3CCC(=O)N(CO)C3=O)n2c1. The number of aromatic nitrogens is 2. The van der Waals surface area contributed by atoms with Crippen molar-refractivity contribution in [3.63, 3.8) is 0 Å². The molecule has 0 saturated carbocycles. The van der Waals surface area contributed by atoms with Crippen LogP contribution in [0, 0.1) is 11.8 Å². The number of nitrogens with two attached hydrogens (primary N) is 1. The smallest absolute Gasteiger partial charge is 0.334 e. The van der Waals surface area contributed by atoms with Crippen LogP contribution in [-0.4, -0.2) is 51.1 Å². The minimum Gasteiger partial charge on any atom is -0.376 e. The van der Waals surface area contributed by atoms with Crippen LogP contribution in [0.1, 0.15) is 12.0 Å². The Labute approximate surface area is 132 Å². The van der Waals surface area contributed by atoms with E-state index in [1.54, 1.807) is 22.9 Å². The summed E-state index contributed by atoms with van der Waals surface area (Å²) in [5, 5.41) is 9.21. The average Bonchev–Trinajstić information content (AvgIpc) is 2.96. The molecule has 8 heteroatoms. The summed E-state index contributed by atoms with van der Waals surface area (Å²) in [5.41, 5.74) is 6.76. The summed E-state index contributed by atoms with van der Waals surface area (Å²) < 4.78 is 1.73. The fourth-order valence-electron chi connectivity index (χ4n) is 2.44. The number of hydrogen-bond donors (Lipinski definition) is 2. The zero-order chi connectivity index (χ0) is 16.4. The van der Waals surface area contributed by atoms with Crippen LogP contribution in [0.25, 0.3) is 5.65 Å². The normalized spacial score (nSPS) is 15.0. The second-order valence-corrected chi connectivity index (χ2v) is 4.92. The quantitative estimate of drug-likeness (QED) is 0.744. The Morgan fingerprint density at radius 3 is 2.91 bits per heavy atom. The number of anilines is 1. The van der Waals surface area contributed by atoms with Crippen molar-refractivity contribution in [3.05, 3.63) is 30.1 Å². The van der Waals surface area contributed by atoms with E-state index < -0.39 is 18.7 Å². The first-order valence-electron chi connectivity index (χ1n) is 7.04. The molecule has 1 saturated heterocycles. The van der Waals surface area contributed by atoms with E-state index in [1.165, 1.54) is 4.90 Å². The molecule has 0 aromatic carbocycles. The predicted molar refractivity (Wildman–Crippen MR) is 82.4 cm³/mol. The number of amides is 3. The first-order chi connectivity index (χ1) is 11.2. The molecule has 3 amide bonds. The van der Waals surface area contributed by atoms with Gasteiger partial charge < -0.3 is 10.8 Å². The van der Waals surface area contributed by atoms with Gasteiger partial charge in [0.05, 0.1) is 12.7 Å². The van der Waals surface area contributed by atoms with E-state index >= 15 is 0 Å². The topological polar surface area (TPSA) is 104 Å². The number of pyridine rings is 1. The van der Waals surface area contributed by atoms with Gasteiger partial charge in [-0.05, 0) is 12.1 Å². The molecule has 2 aromatic heterocycles. The van der Waals surface area contributed by atoms with Crippen molar-refractivity contribution in [2.45, 2.75) is 6.42 Å². The zero-order valence-corrected chi connectivity index (χ0v) is 12.3. The van der Waals surface area contributed by atoms with Crippen molar-refractivity contribution in [2.75, 3.05) is 24.7 Å². The first kappa shape index (κ1) is 15.0. The highest BCUT2D eigenvalue weighted by Crippen LogP contribution is 2.22. The molecule has 1 fully saturated rings. The van der Waals surface area contributed by atoms with E-state index in [4.69, 9.17) is 5.73 Å². The minimum atomic E-state index is -0.641. The van der Waals surface area contributed by atoms with E-state index in [1.807, 2.05) is 6.07 Å². The van der Waals surface area contributed by atoms with Gasteiger partial charge in [-0.2, -0.15) is 0 Å². The number of aliphatic hydroxyl groups excluding tert-OH is 1. The Balaban J connectivity index is 2.02. The largest absolute Gasteiger partial charge is 0.376 e. The van der Waals surface area contributed by atoms with Gasteiger partial charge in [0, 0.05) is 24.7 Å². The Morgan fingerprint density at radius 1 is 1.35 bits per heavy atom. The van der Waals surface area contributed by atoms with Gasteiger partial charge in [-0.1, -0.05) is 11.8 Å². The Bertz CT molecular complexity index is 832. The van der Waals surface area contributed by atoms with Gasteiger partial charge in [-0.3, -0.25) is 14.1 Å². The van der Waals surface area contributed by atoms with Gasteiger partial charge in [0.15, 0.2) is 0 Å². The molecule has 0 aliphatic carbocycles. The molecule has 0 unspecified atom stereocenters. The Hall–Kier alpha value is -2.89. The number of hydrogen-bond acceptors (Lipinski definition) is 5. The van der Waals surface area contributed by atoms with Crippen LogP contribution >= 0.6 is 0 Å². The molecule has 0 spiro atoms. The maximum Gasteiger partial charge on any atom is 0.334 e. The summed E-state index contributed by atoms with van der Waals surface area (Å²) in [4.78, 5) is 30.5. The third-order valence-electron chi connectivity index (χ3n) is 3.55. The number of carbonyl (C=O) groups is 2. The third kappa shape index (κ3) is 2.63. The summed E-state index contributed by atoms with van der Waals surface area (Å²) in [7, 11) is 0. The summed E-state index contributed by atoms with van der Waals surface area (Å²) in [6.45, 7) is -0.147. The number of carbonyl (C=O) groups excluding carboxylic acids is 2. The lowest BCUT2D eigenvalue weighted by Crippen LogP contribution is -2.53. The maximum atomic E-state index is 12.4. The molecule has 1 aliphatic heterocycles. The summed E-state index contributed by atoms with van der Waals surface area (Å²) in [5.74, 6) is 5.82. The molecule has 8 nitrogen and oxygen atoms in total. The zero-order valence-electron chi connectivity index (χ0n) is 12.3. The van der Waals surface area contributed by atoms with Crippen LogP contribution in [0.3, 0.4) is 0 Å². The molecule has 3 heterocycles. The van der Waals surface area contributed by atoms with E-state index in [-0.39, 0.29) is 19.5 Å². The molecule has 3 N–H and O–H groups in total. The van der Waals surface area contributed by atoms with Crippen molar-refractivity contribution >= 4 is 23.4 Å². The lowest BCUT2D eigenvalue weighted by molar-refractivity contribution is -0.131. The molecular formula is C15H15N5O3. The first-order valence-corrected chi connectivity index (χ1v) is 7.04. The van der Waals surface area contributed by atoms with Crippen LogP contribution in [0.4, 0.5) is 10.6 Å². The molecule has 0 atom stereocenters. The number of aliphatic hydroxyl groups is 1. The second-order valence-electron chi connectivity index (χ2n) is 4.92. The van der Waals surface area contributed by atoms with Crippen LogP contribution in [0.15, 0.2) is 24.5 Å². The van der Waals surface area contributed by atoms with Gasteiger partial charge in [0.2, 0.25) is 5.91 Å². The highest BCUT2D eigenvalue weighted by atomic mass is 16.3. The van der Waals surface area contributed by atoms with Gasteiger partial charge >= 0.3 is 6.03 Å². The molecular weight excluding hydrogens is 298 g/mol. The van der Waals surface area contributed by atoms with Crippen molar-refractivity contribution in [3.8, 4) is 11.8 Å². The van der Waals surface area contributed by atoms with E-state index in [9.17, 15) is 14.7 Å². The predicted octanol–water partition coefficient (Wildman–Crippen LogP) is -0.247. The maximum absolute atomic E-state index is 12.4. The second kappa shape index (κ2) is 6.08. The summed E-state index contributed by atoms with van der Waals surface area (Å²) >= 11 is 0. The highest BCUT2D eigenvalue weighted by molar-refractivity contribution is 6.05. The molecule has 0 bridgehead atoms. The van der Waals surface area contributed by atoms with Gasteiger partial charge in [-0.15, -0.1) is 0 Å². The van der Waals surface area contributed by atoms with Crippen molar-refractivity contribution in [2.24, 2.45) is 5.73 Å². The number of rotatable bonds is 2. The van der Waals surface area contributed by atoms with Crippen LogP contribution in [-0.2, 0) is 4.79 Å². The van der Waals surface area contributed by atoms with Crippen LogP contribution in [0.5, 0.6) is 0 Å². The molecule has 23 heavy (non-hydrogen) atoms.